The number of aryl methyl sites for hydroxylation is 2. The lowest BCUT2D eigenvalue weighted by atomic mass is 9.99. The molecule has 0 radical (unpaired) electrons. The highest BCUT2D eigenvalue weighted by Crippen LogP contribution is 2.36. The van der Waals surface area contributed by atoms with Crippen LogP contribution < -0.4 is 0 Å². The predicted molar refractivity (Wildman–Crippen MR) is 143 cm³/mol. The molecule has 2 aromatic heterocycles. The normalized spacial score (nSPS) is 11.3. The number of imidazole rings is 1. The molecule has 0 amide bonds. The number of hydrogen-bond acceptors (Lipinski definition) is 3. The maximum absolute atomic E-state index is 12.0. The molecular weight excluding hydrogens is 448 g/mol. The van der Waals surface area contributed by atoms with Gasteiger partial charge in [-0.1, -0.05) is 84.9 Å². The number of fused-ring (bicyclic) bond motifs is 2. The third kappa shape index (κ3) is 4.03. The van der Waals surface area contributed by atoms with Crippen LogP contribution in [0, 0.1) is 10.1 Å². The summed E-state index contributed by atoms with van der Waals surface area (Å²) in [6, 6.07) is 28.7. The lowest BCUT2D eigenvalue weighted by Crippen LogP contribution is -2.08. The fraction of sp³-hybridized carbons (Fsp3) is 0.100. The Kier molecular flexibility index (Phi) is 5.54. The molecule has 2 heterocycles. The zero-order chi connectivity index (χ0) is 24.5. The van der Waals surface area contributed by atoms with Crippen LogP contribution >= 0.6 is 0 Å². The fourth-order valence-corrected chi connectivity index (χ4v) is 5.02. The second kappa shape index (κ2) is 9.15. The Morgan fingerprint density at radius 1 is 0.778 bits per heavy atom. The molecule has 6 heteroatoms. The topological polar surface area (TPSA) is 65.9 Å². The van der Waals surface area contributed by atoms with Crippen molar-refractivity contribution >= 4 is 27.2 Å². The van der Waals surface area contributed by atoms with Gasteiger partial charge in [0.05, 0.1) is 35.2 Å². The number of hydrogen-bond donors (Lipinski definition) is 0. The van der Waals surface area contributed by atoms with Crippen molar-refractivity contribution in [2.45, 2.75) is 19.5 Å². The average molecular weight is 473 g/mol. The molecule has 0 unspecified atom stereocenters. The van der Waals surface area contributed by atoms with E-state index in [4.69, 9.17) is 0 Å². The third-order valence-corrected chi connectivity index (χ3v) is 6.78. The molecule has 0 saturated heterocycles. The van der Waals surface area contributed by atoms with Gasteiger partial charge in [0.2, 0.25) is 0 Å². The maximum Gasteiger partial charge on any atom is 0.294 e. The van der Waals surface area contributed by atoms with Crippen LogP contribution in [0.3, 0.4) is 0 Å². The van der Waals surface area contributed by atoms with Crippen molar-refractivity contribution in [3.05, 3.63) is 131 Å². The van der Waals surface area contributed by atoms with Gasteiger partial charge >= 0.3 is 0 Å². The summed E-state index contributed by atoms with van der Waals surface area (Å²) in [4.78, 5) is 16.0. The second-order valence-corrected chi connectivity index (χ2v) is 8.98. The standard InChI is InChI=1S/C30H24N4O2/c35-34(36)30-20-32(19-29(30)28-14-6-11-23-8-2-4-13-27(23)28)18-25-17-31-21-33(25)16-15-24-10-5-9-22-7-1-3-12-26(22)24/h1-14,17,19-21H,15-16,18H2. The minimum absolute atomic E-state index is 0.105. The first-order chi connectivity index (χ1) is 17.7. The highest BCUT2D eigenvalue weighted by molar-refractivity contribution is 5.98. The molecule has 0 bridgehead atoms. The van der Waals surface area contributed by atoms with Crippen molar-refractivity contribution < 1.29 is 4.92 Å². The first kappa shape index (κ1) is 21.8. The molecule has 36 heavy (non-hydrogen) atoms. The van der Waals surface area contributed by atoms with E-state index >= 15 is 0 Å². The summed E-state index contributed by atoms with van der Waals surface area (Å²) in [6.45, 7) is 1.28. The third-order valence-electron chi connectivity index (χ3n) is 6.78. The van der Waals surface area contributed by atoms with Crippen LogP contribution in [0.4, 0.5) is 5.69 Å². The summed E-state index contributed by atoms with van der Waals surface area (Å²) in [7, 11) is 0. The zero-order valence-corrected chi connectivity index (χ0v) is 19.6. The quantitative estimate of drug-likeness (QED) is 0.188. The molecule has 6 aromatic rings. The van der Waals surface area contributed by atoms with Gasteiger partial charge in [-0.15, -0.1) is 0 Å². The van der Waals surface area contributed by atoms with Crippen molar-refractivity contribution in [1.82, 2.24) is 14.1 Å². The highest BCUT2D eigenvalue weighted by Gasteiger charge is 2.21. The average Bonchev–Trinajstić information content (AvgIpc) is 3.54. The van der Waals surface area contributed by atoms with E-state index in [-0.39, 0.29) is 10.6 Å². The number of nitrogens with zero attached hydrogens (tertiary/aromatic N) is 4. The molecule has 0 saturated carbocycles. The Morgan fingerprint density at radius 3 is 2.28 bits per heavy atom. The van der Waals surface area contributed by atoms with Gasteiger partial charge in [0.1, 0.15) is 0 Å². The maximum atomic E-state index is 12.0. The van der Waals surface area contributed by atoms with Crippen LogP contribution in [0.2, 0.25) is 0 Å². The highest BCUT2D eigenvalue weighted by atomic mass is 16.6. The molecule has 0 aliphatic carbocycles. The van der Waals surface area contributed by atoms with Gasteiger partial charge in [0.15, 0.2) is 0 Å². The Balaban J connectivity index is 1.29. The summed E-state index contributed by atoms with van der Waals surface area (Å²) in [6.07, 6.45) is 8.05. The minimum Gasteiger partial charge on any atom is -0.341 e. The van der Waals surface area contributed by atoms with Crippen LogP contribution in [-0.4, -0.2) is 19.0 Å². The molecule has 4 aromatic carbocycles. The summed E-state index contributed by atoms with van der Waals surface area (Å²) >= 11 is 0. The molecule has 0 N–H and O–H groups in total. The van der Waals surface area contributed by atoms with Crippen LogP contribution in [0.15, 0.2) is 110 Å². The van der Waals surface area contributed by atoms with Crippen LogP contribution in [0.1, 0.15) is 11.3 Å². The Morgan fingerprint density at radius 2 is 1.47 bits per heavy atom. The minimum atomic E-state index is -0.300. The van der Waals surface area contributed by atoms with Gasteiger partial charge < -0.3 is 9.13 Å². The molecule has 176 valence electrons. The van der Waals surface area contributed by atoms with Crippen molar-refractivity contribution in [3.63, 3.8) is 0 Å². The molecule has 6 rings (SSSR count). The van der Waals surface area contributed by atoms with E-state index < -0.39 is 0 Å². The molecule has 6 nitrogen and oxygen atoms in total. The van der Waals surface area contributed by atoms with E-state index in [2.05, 4.69) is 52.0 Å². The van der Waals surface area contributed by atoms with Gasteiger partial charge in [0.25, 0.3) is 5.69 Å². The lowest BCUT2D eigenvalue weighted by molar-refractivity contribution is -0.384. The lowest BCUT2D eigenvalue weighted by Gasteiger charge is -2.11. The summed E-state index contributed by atoms with van der Waals surface area (Å²) in [5, 5.41) is 16.5. The van der Waals surface area contributed by atoms with Gasteiger partial charge in [-0.3, -0.25) is 10.1 Å². The van der Waals surface area contributed by atoms with Crippen molar-refractivity contribution in [1.29, 1.82) is 0 Å². The molecule has 0 aliphatic rings. The van der Waals surface area contributed by atoms with Crippen LogP contribution in [0.25, 0.3) is 32.7 Å². The summed E-state index contributed by atoms with van der Waals surface area (Å²) in [5.41, 5.74) is 3.89. The predicted octanol–water partition coefficient (Wildman–Crippen LogP) is 6.86. The summed E-state index contributed by atoms with van der Waals surface area (Å²) < 4.78 is 4.02. The van der Waals surface area contributed by atoms with E-state index in [1.165, 1.54) is 16.3 Å². The smallest absolute Gasteiger partial charge is 0.294 e. The van der Waals surface area contributed by atoms with Crippen LogP contribution in [0.5, 0.6) is 0 Å². The van der Waals surface area contributed by atoms with Crippen molar-refractivity contribution in [3.8, 4) is 11.1 Å². The van der Waals surface area contributed by atoms with Gasteiger partial charge in [-0.05, 0) is 39.1 Å². The molecule has 0 fully saturated rings. The van der Waals surface area contributed by atoms with E-state index in [0.717, 1.165) is 35.0 Å². The SMILES string of the molecule is O=[N+]([O-])c1cn(Cc2cncn2CCc2cccc3ccccc23)cc1-c1cccc2ccccc12. The Labute approximate surface area is 208 Å². The Bertz CT molecular complexity index is 1700. The molecule has 0 spiro atoms. The second-order valence-electron chi connectivity index (χ2n) is 8.98. The summed E-state index contributed by atoms with van der Waals surface area (Å²) in [5.74, 6) is 0. The first-order valence-electron chi connectivity index (χ1n) is 12.0. The largest absolute Gasteiger partial charge is 0.341 e. The molecular formula is C30H24N4O2. The number of nitro groups is 1. The van der Waals surface area contributed by atoms with Gasteiger partial charge in [0, 0.05) is 18.9 Å². The van der Waals surface area contributed by atoms with E-state index in [0.29, 0.717) is 12.1 Å². The Hall–Kier alpha value is -4.71. The zero-order valence-electron chi connectivity index (χ0n) is 19.6. The monoisotopic (exact) mass is 472 g/mol. The van der Waals surface area contributed by atoms with E-state index in [9.17, 15) is 10.1 Å². The van der Waals surface area contributed by atoms with E-state index in [1.807, 2.05) is 65.8 Å². The van der Waals surface area contributed by atoms with Gasteiger partial charge in [-0.2, -0.15) is 0 Å². The number of rotatable bonds is 7. The van der Waals surface area contributed by atoms with E-state index in [1.54, 1.807) is 6.20 Å². The number of aromatic nitrogens is 3. The molecule has 0 atom stereocenters. The van der Waals surface area contributed by atoms with Crippen LogP contribution in [-0.2, 0) is 19.5 Å². The van der Waals surface area contributed by atoms with Gasteiger partial charge in [-0.25, -0.2) is 4.98 Å². The fourth-order valence-electron chi connectivity index (χ4n) is 5.02. The number of benzene rings is 4. The first-order valence-corrected chi connectivity index (χ1v) is 12.0. The molecule has 0 aliphatic heterocycles. The van der Waals surface area contributed by atoms with Crippen molar-refractivity contribution in [2.75, 3.05) is 0 Å². The van der Waals surface area contributed by atoms with Crippen molar-refractivity contribution in [2.24, 2.45) is 0 Å².